The Morgan fingerprint density at radius 3 is 0.803 bits per heavy atom. The summed E-state index contributed by atoms with van der Waals surface area (Å²) >= 11 is 0. The molecular weight excluding hydrogens is 877 g/mol. The summed E-state index contributed by atoms with van der Waals surface area (Å²) in [6, 6.07) is 0. The van der Waals surface area contributed by atoms with Gasteiger partial charge in [0.25, 0.3) is 0 Å². The van der Waals surface area contributed by atoms with Crippen molar-refractivity contribution in [2.24, 2.45) is 0 Å². The van der Waals surface area contributed by atoms with Gasteiger partial charge in [-0.15, -0.1) is 0 Å². The van der Waals surface area contributed by atoms with Crippen molar-refractivity contribution in [2.45, 2.75) is 335 Å². The second-order valence-corrected chi connectivity index (χ2v) is 21.0. The molecule has 0 spiro atoms. The van der Waals surface area contributed by atoms with Crippen molar-refractivity contribution in [3.63, 3.8) is 0 Å². The Morgan fingerprint density at radius 2 is 0.507 bits per heavy atom. The summed E-state index contributed by atoms with van der Waals surface area (Å²) in [7, 11) is 0. The highest BCUT2D eigenvalue weighted by Gasteiger charge is 2.19. The van der Waals surface area contributed by atoms with Crippen LogP contribution in [0.2, 0.25) is 0 Å². The predicted molar refractivity (Wildman–Crippen MR) is 307 cm³/mol. The van der Waals surface area contributed by atoms with Crippen molar-refractivity contribution in [2.75, 3.05) is 13.2 Å². The van der Waals surface area contributed by atoms with Gasteiger partial charge in [0.1, 0.15) is 13.2 Å². The molecule has 6 heteroatoms. The Bertz CT molecular complexity index is 1230. The fraction of sp³-hybridized carbons (Fsp3) is 0.831. The van der Waals surface area contributed by atoms with Crippen LogP contribution in [0.3, 0.4) is 0 Å². The largest absolute Gasteiger partial charge is 0.462 e. The number of hydrogen-bond donors (Lipinski definition) is 0. The monoisotopic (exact) mass is 995 g/mol. The quantitative estimate of drug-likeness (QED) is 0.0261. The first-order valence-electron chi connectivity index (χ1n) is 31.1. The van der Waals surface area contributed by atoms with Gasteiger partial charge in [0.15, 0.2) is 6.10 Å². The lowest BCUT2D eigenvalue weighted by molar-refractivity contribution is -0.167. The Balaban J connectivity index is 4.33. The Hall–Kier alpha value is -2.63. The number of hydrogen-bond acceptors (Lipinski definition) is 6. The Morgan fingerprint density at radius 1 is 0.282 bits per heavy atom. The van der Waals surface area contributed by atoms with Crippen LogP contribution in [0.4, 0.5) is 0 Å². The van der Waals surface area contributed by atoms with E-state index in [4.69, 9.17) is 14.2 Å². The minimum Gasteiger partial charge on any atom is -0.462 e. The number of ether oxygens (including phenoxy) is 3. The minimum atomic E-state index is -0.778. The first-order valence-corrected chi connectivity index (χ1v) is 31.1. The number of carbonyl (C=O) groups excluding carboxylic acids is 3. The van der Waals surface area contributed by atoms with Crippen molar-refractivity contribution in [3.8, 4) is 0 Å². The topological polar surface area (TPSA) is 78.9 Å². The van der Waals surface area contributed by atoms with Gasteiger partial charge in [-0.25, -0.2) is 0 Å². The summed E-state index contributed by atoms with van der Waals surface area (Å²) in [4.78, 5) is 38.2. The SMILES string of the molecule is CCCCCCC/C=C\C/C=C\C/C=C\CCCCCCCCCCC(=O)OCC(COC(=O)CCCCCCC/C=C\CCCCCCC)OC(=O)CCCCCCCCCCCCCCCCCC. The van der Waals surface area contributed by atoms with Gasteiger partial charge in [0.05, 0.1) is 0 Å². The van der Waals surface area contributed by atoms with Crippen molar-refractivity contribution >= 4 is 17.9 Å². The molecule has 71 heavy (non-hydrogen) atoms. The zero-order chi connectivity index (χ0) is 51.4. The van der Waals surface area contributed by atoms with Crippen LogP contribution in [0.1, 0.15) is 329 Å². The van der Waals surface area contributed by atoms with Crippen molar-refractivity contribution < 1.29 is 28.6 Å². The fourth-order valence-electron chi connectivity index (χ4n) is 9.09. The molecule has 0 aromatic carbocycles. The molecular formula is C65H118O6. The third-order valence-corrected chi connectivity index (χ3v) is 13.8. The maximum absolute atomic E-state index is 12.9. The van der Waals surface area contributed by atoms with Gasteiger partial charge < -0.3 is 14.2 Å². The van der Waals surface area contributed by atoms with Gasteiger partial charge in [-0.1, -0.05) is 275 Å². The van der Waals surface area contributed by atoms with Crippen LogP contribution in [0.25, 0.3) is 0 Å². The van der Waals surface area contributed by atoms with Crippen molar-refractivity contribution in [1.29, 1.82) is 0 Å². The zero-order valence-electron chi connectivity index (χ0n) is 47.5. The molecule has 0 bridgehead atoms. The van der Waals surface area contributed by atoms with Crippen LogP contribution in [-0.2, 0) is 28.6 Å². The summed E-state index contributed by atoms with van der Waals surface area (Å²) < 4.78 is 16.9. The third kappa shape index (κ3) is 58.1. The molecule has 0 aromatic heterocycles. The minimum absolute atomic E-state index is 0.0764. The first kappa shape index (κ1) is 68.4. The van der Waals surface area contributed by atoms with E-state index in [-0.39, 0.29) is 31.1 Å². The highest BCUT2D eigenvalue weighted by atomic mass is 16.6. The van der Waals surface area contributed by atoms with E-state index in [2.05, 4.69) is 69.4 Å². The molecule has 0 saturated carbocycles. The van der Waals surface area contributed by atoms with E-state index in [1.807, 2.05) is 0 Å². The number of carbonyl (C=O) groups is 3. The van der Waals surface area contributed by atoms with Gasteiger partial charge in [-0.3, -0.25) is 14.4 Å². The smallest absolute Gasteiger partial charge is 0.306 e. The fourth-order valence-corrected chi connectivity index (χ4v) is 9.09. The molecule has 6 nitrogen and oxygen atoms in total. The van der Waals surface area contributed by atoms with Gasteiger partial charge in [-0.2, -0.15) is 0 Å². The van der Waals surface area contributed by atoms with Gasteiger partial charge in [0, 0.05) is 19.3 Å². The molecule has 0 heterocycles. The Labute approximate surface area is 441 Å². The van der Waals surface area contributed by atoms with Crippen LogP contribution in [0.5, 0.6) is 0 Å². The number of unbranched alkanes of at least 4 members (excludes halogenated alkanes) is 38. The summed E-state index contributed by atoms with van der Waals surface area (Å²) in [6.07, 6.45) is 73.9. The summed E-state index contributed by atoms with van der Waals surface area (Å²) in [5, 5.41) is 0. The average molecular weight is 996 g/mol. The maximum Gasteiger partial charge on any atom is 0.306 e. The van der Waals surface area contributed by atoms with Crippen LogP contribution in [0.15, 0.2) is 48.6 Å². The molecule has 0 saturated heterocycles. The van der Waals surface area contributed by atoms with E-state index in [0.29, 0.717) is 19.3 Å². The normalized spacial score (nSPS) is 12.3. The van der Waals surface area contributed by atoms with Crippen LogP contribution in [-0.4, -0.2) is 37.2 Å². The lowest BCUT2D eigenvalue weighted by Crippen LogP contribution is -2.30. The molecule has 1 atom stereocenters. The molecule has 414 valence electrons. The Kier molecular flexibility index (Phi) is 57.7. The second-order valence-electron chi connectivity index (χ2n) is 21.0. The summed E-state index contributed by atoms with van der Waals surface area (Å²) in [5.41, 5.74) is 0. The first-order chi connectivity index (χ1) is 35.0. The molecule has 0 radical (unpaired) electrons. The van der Waals surface area contributed by atoms with E-state index < -0.39 is 6.10 Å². The number of esters is 3. The van der Waals surface area contributed by atoms with E-state index >= 15 is 0 Å². The summed E-state index contributed by atoms with van der Waals surface area (Å²) in [5.74, 6) is -0.872. The molecule has 1 unspecified atom stereocenters. The molecule has 0 N–H and O–H groups in total. The van der Waals surface area contributed by atoms with Crippen LogP contribution < -0.4 is 0 Å². The van der Waals surface area contributed by atoms with Gasteiger partial charge >= 0.3 is 17.9 Å². The number of rotatable bonds is 57. The van der Waals surface area contributed by atoms with E-state index in [1.54, 1.807) is 0 Å². The molecule has 0 aromatic rings. The lowest BCUT2D eigenvalue weighted by atomic mass is 10.0. The average Bonchev–Trinajstić information content (AvgIpc) is 3.37. The molecule has 0 rings (SSSR count). The molecule has 0 amide bonds. The molecule has 0 fully saturated rings. The van der Waals surface area contributed by atoms with Gasteiger partial charge in [0.2, 0.25) is 0 Å². The molecule has 0 aliphatic heterocycles. The summed E-state index contributed by atoms with van der Waals surface area (Å²) in [6.45, 7) is 6.65. The molecule has 0 aliphatic rings. The third-order valence-electron chi connectivity index (χ3n) is 13.8. The standard InChI is InChI=1S/C65H118O6/c1-4-7-10-13-16-19-22-25-28-30-31-32-33-34-35-36-38-40-43-46-49-52-55-58-64(67)70-61-62(60-69-63(66)57-54-51-48-45-42-39-27-24-21-18-15-12-9-6-3)71-65(68)59-56-53-50-47-44-41-37-29-26-23-20-17-14-11-8-5-2/h22,24-25,27,30-31,33-34,62H,4-21,23,26,28-29,32,35-61H2,1-3H3/b25-22-,27-24-,31-30-,34-33-. The highest BCUT2D eigenvalue weighted by molar-refractivity contribution is 5.71. The van der Waals surface area contributed by atoms with E-state index in [1.165, 1.54) is 205 Å². The van der Waals surface area contributed by atoms with Gasteiger partial charge in [-0.05, 0) is 83.5 Å². The van der Waals surface area contributed by atoms with Crippen molar-refractivity contribution in [3.05, 3.63) is 48.6 Å². The van der Waals surface area contributed by atoms with Crippen LogP contribution >= 0.6 is 0 Å². The van der Waals surface area contributed by atoms with E-state index in [9.17, 15) is 14.4 Å². The number of allylic oxidation sites excluding steroid dienone is 8. The predicted octanol–water partition coefficient (Wildman–Crippen LogP) is 21.0. The van der Waals surface area contributed by atoms with E-state index in [0.717, 1.165) is 83.5 Å². The molecule has 0 aliphatic carbocycles. The van der Waals surface area contributed by atoms with Crippen LogP contribution in [0, 0.1) is 0 Å². The van der Waals surface area contributed by atoms with Crippen molar-refractivity contribution in [1.82, 2.24) is 0 Å². The zero-order valence-corrected chi connectivity index (χ0v) is 47.5. The maximum atomic E-state index is 12.9. The highest BCUT2D eigenvalue weighted by Crippen LogP contribution is 2.17. The lowest BCUT2D eigenvalue weighted by Gasteiger charge is -2.18. The second kappa shape index (κ2) is 59.9.